The van der Waals surface area contributed by atoms with Crippen LogP contribution in [0, 0.1) is 20.2 Å². The average Bonchev–Trinajstić information content (AvgIpc) is 2.87. The first-order valence-corrected chi connectivity index (χ1v) is 5.96. The number of halogens is 1. The van der Waals surface area contributed by atoms with Gasteiger partial charge in [-0.1, -0.05) is 5.21 Å². The zero-order valence-electron chi connectivity index (χ0n) is 9.97. The molecule has 104 valence electrons. The first kappa shape index (κ1) is 13.9. The van der Waals surface area contributed by atoms with Gasteiger partial charge >= 0.3 is 0 Å². The summed E-state index contributed by atoms with van der Waals surface area (Å²) < 4.78 is 1.24. The highest BCUT2D eigenvalue weighted by Crippen LogP contribution is 2.24. The van der Waals surface area contributed by atoms with E-state index in [1.165, 1.54) is 23.0 Å². The standard InChI is InChI=1S/C10H8ClN5O4/c11-2-1-7-6-14(13-12-7)8-3-9(15(17)18)5-10(4-8)16(19)20/h3-6H,1-2H2. The quantitative estimate of drug-likeness (QED) is 0.472. The van der Waals surface area contributed by atoms with Crippen molar-refractivity contribution in [2.75, 3.05) is 5.88 Å². The molecule has 0 saturated heterocycles. The topological polar surface area (TPSA) is 117 Å². The number of aromatic nitrogens is 3. The molecule has 2 rings (SSSR count). The monoisotopic (exact) mass is 297 g/mol. The van der Waals surface area contributed by atoms with E-state index < -0.39 is 9.85 Å². The number of benzene rings is 1. The van der Waals surface area contributed by atoms with Crippen LogP contribution in [0.1, 0.15) is 5.69 Å². The van der Waals surface area contributed by atoms with Crippen LogP contribution in [-0.4, -0.2) is 30.7 Å². The molecule has 0 aliphatic rings. The third-order valence-electron chi connectivity index (χ3n) is 2.46. The van der Waals surface area contributed by atoms with Gasteiger partial charge in [-0.05, 0) is 0 Å². The fourth-order valence-corrected chi connectivity index (χ4v) is 1.75. The molecule has 9 nitrogen and oxygen atoms in total. The van der Waals surface area contributed by atoms with Crippen LogP contribution >= 0.6 is 11.6 Å². The number of hydrogen-bond donors (Lipinski definition) is 0. The van der Waals surface area contributed by atoms with Gasteiger partial charge in [-0.2, -0.15) is 0 Å². The lowest BCUT2D eigenvalue weighted by Crippen LogP contribution is -1.99. The van der Waals surface area contributed by atoms with Crippen LogP contribution in [0.4, 0.5) is 11.4 Å². The Kier molecular flexibility index (Phi) is 3.89. The SMILES string of the molecule is O=[N+]([O-])c1cc(-n2cc(CCCl)nn2)cc([N+](=O)[O-])c1. The van der Waals surface area contributed by atoms with E-state index in [9.17, 15) is 20.2 Å². The van der Waals surface area contributed by atoms with Crippen molar-refractivity contribution in [3.05, 3.63) is 50.3 Å². The Morgan fingerprint density at radius 1 is 1.15 bits per heavy atom. The average molecular weight is 298 g/mol. The lowest BCUT2D eigenvalue weighted by molar-refractivity contribution is -0.394. The van der Waals surface area contributed by atoms with Gasteiger partial charge in [0.15, 0.2) is 0 Å². The van der Waals surface area contributed by atoms with Crippen LogP contribution in [-0.2, 0) is 6.42 Å². The van der Waals surface area contributed by atoms with Crippen LogP contribution in [0.2, 0.25) is 0 Å². The lowest BCUT2D eigenvalue weighted by Gasteiger charge is -2.00. The lowest BCUT2D eigenvalue weighted by atomic mass is 10.2. The predicted molar refractivity (Wildman–Crippen MR) is 69.1 cm³/mol. The fraction of sp³-hybridized carbons (Fsp3) is 0.200. The zero-order chi connectivity index (χ0) is 14.7. The van der Waals surface area contributed by atoms with E-state index in [0.717, 1.165) is 6.07 Å². The molecule has 0 bridgehead atoms. The zero-order valence-corrected chi connectivity index (χ0v) is 10.7. The summed E-state index contributed by atoms with van der Waals surface area (Å²) in [6, 6.07) is 3.26. The number of aryl methyl sites for hydroxylation is 1. The third-order valence-corrected chi connectivity index (χ3v) is 2.65. The second-order valence-corrected chi connectivity index (χ2v) is 4.19. The molecule has 1 aromatic carbocycles. The number of alkyl halides is 1. The summed E-state index contributed by atoms with van der Waals surface area (Å²) in [5.41, 5.74) is 0.0144. The molecule has 0 saturated carbocycles. The van der Waals surface area contributed by atoms with Crippen molar-refractivity contribution in [3.63, 3.8) is 0 Å². The van der Waals surface area contributed by atoms with Crippen LogP contribution in [0.5, 0.6) is 0 Å². The maximum atomic E-state index is 10.8. The summed E-state index contributed by atoms with van der Waals surface area (Å²) in [5, 5.41) is 29.2. The third kappa shape index (κ3) is 2.88. The molecular formula is C10H8ClN5O4. The van der Waals surface area contributed by atoms with E-state index in [-0.39, 0.29) is 17.1 Å². The Morgan fingerprint density at radius 3 is 2.25 bits per heavy atom. The molecule has 0 aliphatic heterocycles. The molecule has 0 fully saturated rings. The largest absolute Gasteiger partial charge is 0.278 e. The smallest absolute Gasteiger partial charge is 0.258 e. The molecule has 0 aliphatic carbocycles. The highest BCUT2D eigenvalue weighted by molar-refractivity contribution is 6.17. The van der Waals surface area contributed by atoms with Crippen LogP contribution < -0.4 is 0 Å². The Labute approximate surface area is 117 Å². The second-order valence-electron chi connectivity index (χ2n) is 3.82. The van der Waals surface area contributed by atoms with Crippen LogP contribution in [0.3, 0.4) is 0 Å². The summed E-state index contributed by atoms with van der Waals surface area (Å²) in [7, 11) is 0. The van der Waals surface area contributed by atoms with E-state index in [0.29, 0.717) is 18.0 Å². The highest BCUT2D eigenvalue weighted by atomic mass is 35.5. The minimum Gasteiger partial charge on any atom is -0.258 e. The van der Waals surface area contributed by atoms with Gasteiger partial charge in [-0.15, -0.1) is 16.7 Å². The number of nitro groups is 2. The van der Waals surface area contributed by atoms with E-state index >= 15 is 0 Å². The predicted octanol–water partition coefficient (Wildman–Crippen LogP) is 1.86. The normalized spacial score (nSPS) is 10.4. The molecule has 0 amide bonds. The number of hydrogen-bond acceptors (Lipinski definition) is 6. The minimum absolute atomic E-state index is 0.194. The van der Waals surface area contributed by atoms with Crippen molar-refractivity contribution in [2.24, 2.45) is 0 Å². The number of nitro benzene ring substituents is 2. The summed E-state index contributed by atoms with van der Waals surface area (Å²) >= 11 is 5.57. The maximum absolute atomic E-state index is 10.8. The van der Waals surface area contributed by atoms with Crippen molar-refractivity contribution in [1.82, 2.24) is 15.0 Å². The number of non-ortho nitro benzene ring substituents is 2. The highest BCUT2D eigenvalue weighted by Gasteiger charge is 2.18. The molecule has 10 heteroatoms. The maximum Gasteiger partial charge on any atom is 0.278 e. The second kappa shape index (κ2) is 5.61. The van der Waals surface area contributed by atoms with Gasteiger partial charge in [0.1, 0.15) is 0 Å². The molecule has 0 unspecified atom stereocenters. The van der Waals surface area contributed by atoms with E-state index in [1.54, 1.807) is 0 Å². The molecule has 20 heavy (non-hydrogen) atoms. The molecule has 2 aromatic rings. The summed E-state index contributed by atoms with van der Waals surface area (Å²) in [6.07, 6.45) is 2.00. The van der Waals surface area contributed by atoms with Gasteiger partial charge in [0.25, 0.3) is 11.4 Å². The summed E-state index contributed by atoms with van der Waals surface area (Å²) in [4.78, 5) is 20.2. The summed E-state index contributed by atoms with van der Waals surface area (Å²) in [5.74, 6) is 0.355. The van der Waals surface area contributed by atoms with Crippen molar-refractivity contribution in [2.45, 2.75) is 6.42 Å². The number of nitrogens with zero attached hydrogens (tertiary/aromatic N) is 5. The first-order chi connectivity index (χ1) is 9.51. The van der Waals surface area contributed by atoms with Gasteiger partial charge < -0.3 is 0 Å². The van der Waals surface area contributed by atoms with Gasteiger partial charge in [0, 0.05) is 24.4 Å². The van der Waals surface area contributed by atoms with Crippen molar-refractivity contribution < 1.29 is 9.85 Å². The van der Waals surface area contributed by atoms with Gasteiger partial charge in [0.05, 0.1) is 33.5 Å². The van der Waals surface area contributed by atoms with Crippen LogP contribution in [0.25, 0.3) is 5.69 Å². The number of rotatable bonds is 5. The van der Waals surface area contributed by atoms with Crippen molar-refractivity contribution in [1.29, 1.82) is 0 Å². The van der Waals surface area contributed by atoms with Crippen molar-refractivity contribution >= 4 is 23.0 Å². The molecule has 1 aromatic heterocycles. The van der Waals surface area contributed by atoms with Gasteiger partial charge in [-0.25, -0.2) is 4.68 Å². The summed E-state index contributed by atoms with van der Waals surface area (Å²) in [6.45, 7) is 0. The van der Waals surface area contributed by atoms with Gasteiger partial charge in [0.2, 0.25) is 0 Å². The van der Waals surface area contributed by atoms with E-state index in [1.807, 2.05) is 0 Å². The van der Waals surface area contributed by atoms with E-state index in [2.05, 4.69) is 10.3 Å². The Bertz CT molecular complexity index is 639. The molecule has 0 N–H and O–H groups in total. The molecule has 1 heterocycles. The van der Waals surface area contributed by atoms with Crippen molar-refractivity contribution in [3.8, 4) is 5.69 Å². The molecular weight excluding hydrogens is 290 g/mol. The fourth-order valence-electron chi connectivity index (χ4n) is 1.56. The Balaban J connectivity index is 2.48. The Morgan fingerprint density at radius 2 is 1.75 bits per heavy atom. The van der Waals surface area contributed by atoms with E-state index in [4.69, 9.17) is 11.6 Å². The van der Waals surface area contributed by atoms with Crippen LogP contribution in [0.15, 0.2) is 24.4 Å². The molecule has 0 spiro atoms. The molecule has 0 atom stereocenters. The van der Waals surface area contributed by atoms with Gasteiger partial charge in [-0.3, -0.25) is 20.2 Å². The minimum atomic E-state index is -0.701. The Hall–Kier alpha value is -2.55. The molecule has 0 radical (unpaired) electrons. The first-order valence-electron chi connectivity index (χ1n) is 5.42.